The Bertz CT molecular complexity index is 305. The van der Waals surface area contributed by atoms with E-state index in [1.165, 1.54) is 12.8 Å². The van der Waals surface area contributed by atoms with Gasteiger partial charge in [-0.2, -0.15) is 0 Å². The predicted molar refractivity (Wildman–Crippen MR) is 70.8 cm³/mol. The number of ether oxygens (including phenoxy) is 1. The van der Waals surface area contributed by atoms with Crippen LogP contribution in [0.25, 0.3) is 0 Å². The number of hydrogen-bond acceptors (Lipinski definition) is 4. The highest BCUT2D eigenvalue weighted by molar-refractivity contribution is 5.85. The van der Waals surface area contributed by atoms with Gasteiger partial charge in [0.2, 0.25) is 0 Å². The van der Waals surface area contributed by atoms with Crippen molar-refractivity contribution >= 4 is 5.84 Å². The summed E-state index contributed by atoms with van der Waals surface area (Å²) in [6, 6.07) is 0. The summed E-state index contributed by atoms with van der Waals surface area (Å²) in [5.41, 5.74) is 5.47. The zero-order chi connectivity index (χ0) is 13.2. The van der Waals surface area contributed by atoms with E-state index in [2.05, 4.69) is 10.1 Å². The summed E-state index contributed by atoms with van der Waals surface area (Å²) >= 11 is 0. The van der Waals surface area contributed by atoms with E-state index < -0.39 is 0 Å². The van der Waals surface area contributed by atoms with Crippen LogP contribution in [-0.2, 0) is 4.74 Å². The molecule has 5 heteroatoms. The number of rotatable bonds is 5. The SMILES string of the molecule is CC(C)(CCCN1CC2CCC(C1)O2)/C(N)=N/O. The molecule has 0 aromatic heterocycles. The normalized spacial score (nSPS) is 29.8. The first-order valence-electron chi connectivity index (χ1n) is 6.87. The first-order valence-corrected chi connectivity index (χ1v) is 6.87. The Hall–Kier alpha value is -0.810. The lowest BCUT2D eigenvalue weighted by molar-refractivity contribution is -0.0388. The molecule has 0 spiro atoms. The number of fused-ring (bicyclic) bond motifs is 2. The first-order chi connectivity index (χ1) is 8.51. The smallest absolute Gasteiger partial charge is 0.144 e. The Kier molecular flexibility index (Phi) is 4.12. The molecule has 2 atom stereocenters. The van der Waals surface area contributed by atoms with E-state index in [0.717, 1.165) is 32.5 Å². The number of nitrogens with zero attached hydrogens (tertiary/aromatic N) is 2. The molecule has 0 saturated carbocycles. The van der Waals surface area contributed by atoms with Gasteiger partial charge >= 0.3 is 0 Å². The van der Waals surface area contributed by atoms with Crippen molar-refractivity contribution < 1.29 is 9.94 Å². The van der Waals surface area contributed by atoms with Crippen LogP contribution in [0.2, 0.25) is 0 Å². The van der Waals surface area contributed by atoms with E-state index >= 15 is 0 Å². The first kappa shape index (κ1) is 13.6. The number of hydrogen-bond donors (Lipinski definition) is 2. The monoisotopic (exact) mass is 255 g/mol. The van der Waals surface area contributed by atoms with Gasteiger partial charge in [-0.25, -0.2) is 0 Å². The molecule has 2 fully saturated rings. The molecule has 2 bridgehead atoms. The van der Waals surface area contributed by atoms with E-state index in [-0.39, 0.29) is 5.41 Å². The molecule has 2 heterocycles. The van der Waals surface area contributed by atoms with E-state index in [4.69, 9.17) is 15.7 Å². The average molecular weight is 255 g/mol. The van der Waals surface area contributed by atoms with Gasteiger partial charge in [0.1, 0.15) is 5.84 Å². The highest BCUT2D eigenvalue weighted by Crippen LogP contribution is 2.27. The van der Waals surface area contributed by atoms with Crippen LogP contribution in [0.5, 0.6) is 0 Å². The van der Waals surface area contributed by atoms with Gasteiger partial charge in [-0.15, -0.1) is 0 Å². The van der Waals surface area contributed by atoms with Crippen LogP contribution in [0.3, 0.4) is 0 Å². The van der Waals surface area contributed by atoms with Gasteiger partial charge in [0.05, 0.1) is 12.2 Å². The minimum atomic E-state index is -0.222. The zero-order valence-corrected chi connectivity index (χ0v) is 11.4. The molecule has 0 aromatic carbocycles. The quantitative estimate of drug-likeness (QED) is 0.337. The molecule has 0 amide bonds. The third-order valence-corrected chi connectivity index (χ3v) is 4.20. The second kappa shape index (κ2) is 5.45. The molecule has 2 rings (SSSR count). The minimum absolute atomic E-state index is 0.222. The Morgan fingerprint density at radius 1 is 1.39 bits per heavy atom. The number of likely N-dealkylation sites (tertiary alicyclic amines) is 1. The second-order valence-corrected chi connectivity index (χ2v) is 6.19. The van der Waals surface area contributed by atoms with Gasteiger partial charge in [-0.1, -0.05) is 19.0 Å². The van der Waals surface area contributed by atoms with Crippen molar-refractivity contribution in [2.75, 3.05) is 19.6 Å². The largest absolute Gasteiger partial charge is 0.409 e. The summed E-state index contributed by atoms with van der Waals surface area (Å²) in [6.45, 7) is 7.26. The van der Waals surface area contributed by atoms with E-state index in [1.807, 2.05) is 13.8 Å². The highest BCUT2D eigenvalue weighted by atomic mass is 16.5. The number of amidine groups is 1. The van der Waals surface area contributed by atoms with Crippen LogP contribution in [0.1, 0.15) is 39.5 Å². The van der Waals surface area contributed by atoms with Crippen LogP contribution >= 0.6 is 0 Å². The summed E-state index contributed by atoms with van der Waals surface area (Å²) in [5, 5.41) is 11.9. The second-order valence-electron chi connectivity index (χ2n) is 6.19. The third kappa shape index (κ3) is 3.14. The summed E-state index contributed by atoms with van der Waals surface area (Å²) in [4.78, 5) is 2.49. The molecular formula is C13H25N3O2. The van der Waals surface area contributed by atoms with E-state index in [1.54, 1.807) is 0 Å². The maximum absolute atomic E-state index is 8.73. The van der Waals surface area contributed by atoms with Crippen molar-refractivity contribution in [2.24, 2.45) is 16.3 Å². The Labute approximate surface area is 109 Å². The van der Waals surface area contributed by atoms with Crippen LogP contribution in [0.15, 0.2) is 5.16 Å². The van der Waals surface area contributed by atoms with Gasteiger partial charge in [0.15, 0.2) is 0 Å². The van der Waals surface area contributed by atoms with Gasteiger partial charge < -0.3 is 15.7 Å². The summed E-state index contributed by atoms with van der Waals surface area (Å²) in [7, 11) is 0. The van der Waals surface area contributed by atoms with Crippen LogP contribution in [0, 0.1) is 5.41 Å². The standard InChI is InChI=1S/C13H25N3O2/c1-13(2,12(14)15-17)6-3-7-16-8-10-4-5-11(9-16)18-10/h10-11,17H,3-9H2,1-2H3,(H2,14,15). The molecule has 0 aromatic rings. The van der Waals surface area contributed by atoms with Gasteiger partial charge in [-0.3, -0.25) is 4.90 Å². The fourth-order valence-corrected chi connectivity index (χ4v) is 2.89. The Morgan fingerprint density at radius 2 is 2.00 bits per heavy atom. The molecule has 104 valence electrons. The number of morpholine rings is 1. The lowest BCUT2D eigenvalue weighted by Gasteiger charge is -2.33. The summed E-state index contributed by atoms with van der Waals surface area (Å²) in [6.07, 6.45) is 5.37. The highest BCUT2D eigenvalue weighted by Gasteiger charge is 2.33. The average Bonchev–Trinajstić information content (AvgIpc) is 2.67. The Morgan fingerprint density at radius 3 is 2.56 bits per heavy atom. The van der Waals surface area contributed by atoms with Crippen molar-refractivity contribution in [3.05, 3.63) is 0 Å². The Balaban J connectivity index is 1.72. The van der Waals surface area contributed by atoms with Crippen molar-refractivity contribution in [2.45, 2.75) is 51.7 Å². The lowest BCUT2D eigenvalue weighted by atomic mass is 9.86. The summed E-state index contributed by atoms with van der Waals surface area (Å²) < 4.78 is 5.82. The van der Waals surface area contributed by atoms with Crippen LogP contribution < -0.4 is 5.73 Å². The topological polar surface area (TPSA) is 71.1 Å². The van der Waals surface area contributed by atoms with Crippen molar-refractivity contribution in [3.8, 4) is 0 Å². The van der Waals surface area contributed by atoms with Gasteiger partial charge in [0, 0.05) is 18.5 Å². The maximum atomic E-state index is 8.73. The lowest BCUT2D eigenvalue weighted by Crippen LogP contribution is -2.43. The third-order valence-electron chi connectivity index (χ3n) is 4.20. The van der Waals surface area contributed by atoms with E-state index in [0.29, 0.717) is 18.0 Å². The van der Waals surface area contributed by atoms with Crippen molar-refractivity contribution in [1.29, 1.82) is 0 Å². The molecule has 2 saturated heterocycles. The predicted octanol–water partition coefficient (Wildman–Crippen LogP) is 1.40. The van der Waals surface area contributed by atoms with Gasteiger partial charge in [-0.05, 0) is 32.2 Å². The van der Waals surface area contributed by atoms with E-state index in [9.17, 15) is 0 Å². The zero-order valence-electron chi connectivity index (χ0n) is 11.4. The number of oxime groups is 1. The molecule has 2 aliphatic rings. The fourth-order valence-electron chi connectivity index (χ4n) is 2.89. The molecule has 5 nitrogen and oxygen atoms in total. The van der Waals surface area contributed by atoms with Crippen molar-refractivity contribution in [1.82, 2.24) is 4.90 Å². The molecule has 2 aliphatic heterocycles. The minimum Gasteiger partial charge on any atom is -0.409 e. The molecule has 0 radical (unpaired) electrons. The van der Waals surface area contributed by atoms with Gasteiger partial charge in [0.25, 0.3) is 0 Å². The number of nitrogens with two attached hydrogens (primary N) is 1. The summed E-state index contributed by atoms with van der Waals surface area (Å²) in [5.74, 6) is 0.324. The molecular weight excluding hydrogens is 230 g/mol. The van der Waals surface area contributed by atoms with Crippen LogP contribution in [-0.4, -0.2) is 47.8 Å². The molecule has 3 N–H and O–H groups in total. The maximum Gasteiger partial charge on any atom is 0.144 e. The van der Waals surface area contributed by atoms with Crippen LogP contribution in [0.4, 0.5) is 0 Å². The fraction of sp³-hybridized carbons (Fsp3) is 0.923. The molecule has 2 unspecified atom stereocenters. The molecule has 18 heavy (non-hydrogen) atoms. The molecule has 0 aliphatic carbocycles. The van der Waals surface area contributed by atoms with Crippen molar-refractivity contribution in [3.63, 3.8) is 0 Å².